The first-order chi connectivity index (χ1) is 12.0. The van der Waals surface area contributed by atoms with Crippen molar-refractivity contribution in [1.29, 1.82) is 0 Å². The fourth-order valence-corrected chi connectivity index (χ4v) is 2.81. The summed E-state index contributed by atoms with van der Waals surface area (Å²) in [5.74, 6) is -1.10. The van der Waals surface area contributed by atoms with Crippen LogP contribution in [0.5, 0.6) is 0 Å². The summed E-state index contributed by atoms with van der Waals surface area (Å²) in [6.07, 6.45) is 0.444. The summed E-state index contributed by atoms with van der Waals surface area (Å²) in [4.78, 5) is 26.4. The summed E-state index contributed by atoms with van der Waals surface area (Å²) in [6, 6.07) is 7.87. The summed E-state index contributed by atoms with van der Waals surface area (Å²) in [7, 11) is 0. The summed E-state index contributed by atoms with van der Waals surface area (Å²) in [5.41, 5.74) is 3.04. The van der Waals surface area contributed by atoms with E-state index in [4.69, 9.17) is 4.74 Å². The van der Waals surface area contributed by atoms with Crippen LogP contribution in [0.2, 0.25) is 0 Å². The second-order valence-corrected chi connectivity index (χ2v) is 6.48. The Morgan fingerprint density at radius 2 is 2.04 bits per heavy atom. The SMILES string of the molecule is Cc1nonc1COC(=O)C1CCN(c2ccc(C(C)C)cc2)C1=O. The molecule has 0 spiro atoms. The number of anilines is 1. The van der Waals surface area contributed by atoms with Crippen molar-refractivity contribution < 1.29 is 19.0 Å². The van der Waals surface area contributed by atoms with Crippen LogP contribution in [0.3, 0.4) is 0 Å². The molecule has 132 valence electrons. The van der Waals surface area contributed by atoms with Crippen LogP contribution >= 0.6 is 0 Å². The largest absolute Gasteiger partial charge is 0.458 e. The average Bonchev–Trinajstić information content (AvgIpc) is 3.18. The van der Waals surface area contributed by atoms with E-state index in [0.29, 0.717) is 30.3 Å². The van der Waals surface area contributed by atoms with E-state index in [1.165, 1.54) is 5.56 Å². The second-order valence-electron chi connectivity index (χ2n) is 6.48. The van der Waals surface area contributed by atoms with Crippen LogP contribution in [0.1, 0.15) is 43.1 Å². The molecule has 2 aromatic rings. The Morgan fingerprint density at radius 3 is 2.64 bits per heavy atom. The van der Waals surface area contributed by atoms with Crippen LogP contribution < -0.4 is 4.90 Å². The van der Waals surface area contributed by atoms with Crippen LogP contribution in [0.25, 0.3) is 0 Å². The molecule has 1 amide bonds. The molecule has 1 aromatic heterocycles. The van der Waals surface area contributed by atoms with Crippen molar-refractivity contribution in [2.75, 3.05) is 11.4 Å². The first-order valence-electron chi connectivity index (χ1n) is 8.33. The van der Waals surface area contributed by atoms with Gasteiger partial charge in [0.25, 0.3) is 0 Å². The molecule has 3 rings (SSSR count). The summed E-state index contributed by atoms with van der Waals surface area (Å²) >= 11 is 0. The number of ether oxygens (including phenoxy) is 1. The molecular weight excluding hydrogens is 322 g/mol. The van der Waals surface area contributed by atoms with Gasteiger partial charge in [-0.3, -0.25) is 9.59 Å². The van der Waals surface area contributed by atoms with Gasteiger partial charge >= 0.3 is 5.97 Å². The highest BCUT2D eigenvalue weighted by Gasteiger charge is 2.38. The van der Waals surface area contributed by atoms with Crippen molar-refractivity contribution in [3.63, 3.8) is 0 Å². The number of benzene rings is 1. The van der Waals surface area contributed by atoms with Gasteiger partial charge in [-0.15, -0.1) is 0 Å². The lowest BCUT2D eigenvalue weighted by atomic mass is 10.0. The normalized spacial score (nSPS) is 17.4. The zero-order valence-corrected chi connectivity index (χ0v) is 14.6. The molecule has 2 heterocycles. The number of rotatable bonds is 5. The van der Waals surface area contributed by atoms with Gasteiger partial charge in [0.1, 0.15) is 23.9 Å². The van der Waals surface area contributed by atoms with Crippen molar-refractivity contribution in [3.8, 4) is 0 Å². The molecule has 1 fully saturated rings. The van der Waals surface area contributed by atoms with Gasteiger partial charge in [-0.05, 0) is 37.0 Å². The molecule has 0 aliphatic carbocycles. The third-order valence-corrected chi connectivity index (χ3v) is 4.46. The van der Waals surface area contributed by atoms with Crippen molar-refractivity contribution in [2.45, 2.75) is 39.7 Å². The van der Waals surface area contributed by atoms with Crippen LogP contribution in [0, 0.1) is 12.8 Å². The molecule has 7 nitrogen and oxygen atoms in total. The maximum absolute atomic E-state index is 12.6. The molecule has 0 N–H and O–H groups in total. The number of hydrogen-bond donors (Lipinski definition) is 0. The van der Waals surface area contributed by atoms with Crippen molar-refractivity contribution in [1.82, 2.24) is 10.3 Å². The van der Waals surface area contributed by atoms with Gasteiger partial charge < -0.3 is 9.64 Å². The minimum Gasteiger partial charge on any atom is -0.458 e. The van der Waals surface area contributed by atoms with E-state index in [9.17, 15) is 9.59 Å². The van der Waals surface area contributed by atoms with Crippen LogP contribution in [0.4, 0.5) is 5.69 Å². The average molecular weight is 343 g/mol. The van der Waals surface area contributed by atoms with Crippen molar-refractivity contribution in [3.05, 3.63) is 41.2 Å². The van der Waals surface area contributed by atoms with Gasteiger partial charge in [0.15, 0.2) is 0 Å². The summed E-state index contributed by atoms with van der Waals surface area (Å²) < 4.78 is 9.77. The highest BCUT2D eigenvalue weighted by Crippen LogP contribution is 2.27. The predicted octanol–water partition coefficient (Wildman–Crippen LogP) is 2.60. The molecule has 1 atom stereocenters. The number of aromatic nitrogens is 2. The quantitative estimate of drug-likeness (QED) is 0.613. The Morgan fingerprint density at radius 1 is 1.32 bits per heavy atom. The van der Waals surface area contributed by atoms with E-state index in [1.54, 1.807) is 11.8 Å². The molecule has 0 bridgehead atoms. The van der Waals surface area contributed by atoms with Gasteiger partial charge in [0.05, 0.1) is 0 Å². The predicted molar refractivity (Wildman–Crippen MR) is 89.8 cm³/mol. The summed E-state index contributed by atoms with van der Waals surface area (Å²) in [5, 5.41) is 7.29. The van der Waals surface area contributed by atoms with E-state index in [2.05, 4.69) is 28.8 Å². The fourth-order valence-electron chi connectivity index (χ4n) is 2.81. The Balaban J connectivity index is 1.62. The molecule has 1 saturated heterocycles. The van der Waals surface area contributed by atoms with Gasteiger partial charge in [0.2, 0.25) is 5.91 Å². The maximum Gasteiger partial charge on any atom is 0.318 e. The smallest absolute Gasteiger partial charge is 0.318 e. The van der Waals surface area contributed by atoms with E-state index in [1.807, 2.05) is 24.3 Å². The highest BCUT2D eigenvalue weighted by atomic mass is 16.6. The lowest BCUT2D eigenvalue weighted by Gasteiger charge is -2.17. The lowest BCUT2D eigenvalue weighted by Crippen LogP contribution is -2.31. The molecule has 1 aliphatic heterocycles. The van der Waals surface area contributed by atoms with E-state index >= 15 is 0 Å². The lowest BCUT2D eigenvalue weighted by molar-refractivity contribution is -0.152. The van der Waals surface area contributed by atoms with Crippen LogP contribution in [0.15, 0.2) is 28.9 Å². The number of hydrogen-bond acceptors (Lipinski definition) is 6. The number of aryl methyl sites for hydroxylation is 1. The Kier molecular flexibility index (Phi) is 4.83. The molecule has 1 aliphatic rings. The Bertz CT molecular complexity index is 767. The minimum atomic E-state index is -0.773. The molecule has 0 radical (unpaired) electrons. The molecule has 0 saturated carbocycles. The zero-order chi connectivity index (χ0) is 18.0. The molecule has 7 heteroatoms. The first kappa shape index (κ1) is 17.1. The Hall–Kier alpha value is -2.70. The topological polar surface area (TPSA) is 85.5 Å². The van der Waals surface area contributed by atoms with Gasteiger partial charge in [-0.2, -0.15) is 0 Å². The van der Waals surface area contributed by atoms with Gasteiger partial charge in [-0.1, -0.05) is 36.3 Å². The van der Waals surface area contributed by atoms with Gasteiger partial charge in [-0.25, -0.2) is 4.63 Å². The molecule has 1 aromatic carbocycles. The van der Waals surface area contributed by atoms with Gasteiger partial charge in [0, 0.05) is 12.2 Å². The number of carbonyl (C=O) groups excluding carboxylic acids is 2. The number of esters is 1. The molecule has 25 heavy (non-hydrogen) atoms. The third kappa shape index (κ3) is 3.55. The third-order valence-electron chi connectivity index (χ3n) is 4.46. The second kappa shape index (κ2) is 7.04. The monoisotopic (exact) mass is 343 g/mol. The zero-order valence-electron chi connectivity index (χ0n) is 14.6. The van der Waals surface area contributed by atoms with E-state index in [0.717, 1.165) is 5.69 Å². The van der Waals surface area contributed by atoms with E-state index in [-0.39, 0.29) is 12.5 Å². The number of carbonyl (C=O) groups is 2. The molecular formula is C18H21N3O4. The van der Waals surface area contributed by atoms with E-state index < -0.39 is 11.9 Å². The van der Waals surface area contributed by atoms with Crippen LogP contribution in [-0.4, -0.2) is 28.7 Å². The minimum absolute atomic E-state index is 0.0406. The summed E-state index contributed by atoms with van der Waals surface area (Å²) in [6.45, 7) is 6.41. The van der Waals surface area contributed by atoms with Crippen LogP contribution in [-0.2, 0) is 20.9 Å². The maximum atomic E-state index is 12.6. The fraction of sp³-hybridized carbons (Fsp3) is 0.444. The number of nitrogens with zero attached hydrogens (tertiary/aromatic N) is 3. The van der Waals surface area contributed by atoms with Crippen molar-refractivity contribution >= 4 is 17.6 Å². The number of amides is 1. The van der Waals surface area contributed by atoms with Crippen molar-refractivity contribution in [2.24, 2.45) is 5.92 Å². The standard InChI is InChI=1S/C18H21N3O4/c1-11(2)13-4-6-14(7-5-13)21-9-8-15(17(21)22)18(23)24-10-16-12(3)19-25-20-16/h4-7,11,15H,8-10H2,1-3H3. The molecule has 1 unspecified atom stereocenters. The Labute approximate surface area is 145 Å². The highest BCUT2D eigenvalue weighted by molar-refractivity contribution is 6.08. The first-order valence-corrected chi connectivity index (χ1v) is 8.33.